The zero-order chi connectivity index (χ0) is 12.4. The maximum Gasteiger partial charge on any atom is 0.261 e. The van der Waals surface area contributed by atoms with Gasteiger partial charge < -0.3 is 10.1 Å². The molecule has 1 N–H and O–H groups in total. The molecule has 1 amide bonds. The van der Waals surface area contributed by atoms with Gasteiger partial charge in [-0.15, -0.1) is 11.3 Å². The van der Waals surface area contributed by atoms with Crippen LogP contribution in [0.4, 0.5) is 0 Å². The van der Waals surface area contributed by atoms with Crippen LogP contribution in [0, 0.1) is 0 Å². The van der Waals surface area contributed by atoms with Gasteiger partial charge in [-0.2, -0.15) is 0 Å². The maximum atomic E-state index is 12.0. The molecule has 0 aliphatic heterocycles. The summed E-state index contributed by atoms with van der Waals surface area (Å²) in [4.78, 5) is 12.7. The molecule has 1 fully saturated rings. The van der Waals surface area contributed by atoms with E-state index in [1.54, 1.807) is 7.11 Å². The molecule has 0 bridgehead atoms. The van der Waals surface area contributed by atoms with E-state index in [0.29, 0.717) is 6.10 Å². The molecule has 1 heterocycles. The van der Waals surface area contributed by atoms with Gasteiger partial charge in [0.05, 0.1) is 14.8 Å². The Labute approximate surface area is 121 Å². The summed E-state index contributed by atoms with van der Waals surface area (Å²) in [5, 5.41) is 3.05. The third kappa shape index (κ3) is 3.30. The van der Waals surface area contributed by atoms with Gasteiger partial charge in [0.2, 0.25) is 0 Å². The summed E-state index contributed by atoms with van der Waals surface area (Å²) in [7, 11) is 1.72. The van der Waals surface area contributed by atoms with Crippen molar-refractivity contribution >= 4 is 49.1 Å². The predicted octanol–water partition coefficient (Wildman–Crippen LogP) is 3.57. The minimum absolute atomic E-state index is 0.00292. The molecule has 1 aliphatic rings. The number of amides is 1. The van der Waals surface area contributed by atoms with Gasteiger partial charge in [0.25, 0.3) is 5.91 Å². The van der Waals surface area contributed by atoms with Crippen LogP contribution in [0.5, 0.6) is 0 Å². The van der Waals surface area contributed by atoms with Crippen LogP contribution < -0.4 is 5.32 Å². The smallest absolute Gasteiger partial charge is 0.261 e. The number of hydrogen-bond donors (Lipinski definition) is 1. The predicted molar refractivity (Wildman–Crippen MR) is 75.6 cm³/mol. The molecule has 0 spiro atoms. The van der Waals surface area contributed by atoms with Crippen LogP contribution in [0.25, 0.3) is 0 Å². The summed E-state index contributed by atoms with van der Waals surface area (Å²) in [6.45, 7) is 0. The summed E-state index contributed by atoms with van der Waals surface area (Å²) in [6, 6.07) is 2.08. The minimum atomic E-state index is 0.00292. The lowest BCUT2D eigenvalue weighted by atomic mass is 10.2. The first-order valence-corrected chi connectivity index (χ1v) is 7.79. The van der Waals surface area contributed by atoms with Crippen molar-refractivity contribution in [1.82, 2.24) is 5.32 Å². The topological polar surface area (TPSA) is 38.3 Å². The van der Waals surface area contributed by atoms with E-state index in [4.69, 9.17) is 4.74 Å². The van der Waals surface area contributed by atoms with Crippen molar-refractivity contribution in [3.05, 3.63) is 19.2 Å². The molecular weight excluding hydrogens is 370 g/mol. The molecule has 1 aromatic rings. The fourth-order valence-electron chi connectivity index (χ4n) is 2.00. The van der Waals surface area contributed by atoms with Crippen molar-refractivity contribution in [3.8, 4) is 0 Å². The Morgan fingerprint density at radius 2 is 2.29 bits per heavy atom. The minimum Gasteiger partial charge on any atom is -0.381 e. The Balaban J connectivity index is 1.93. The second-order valence-corrected chi connectivity index (χ2v) is 7.30. The van der Waals surface area contributed by atoms with Gasteiger partial charge in [-0.1, -0.05) is 0 Å². The molecular formula is C11H13Br2NO2S. The molecule has 3 nitrogen and oxygen atoms in total. The number of carbonyl (C=O) groups is 1. The van der Waals surface area contributed by atoms with E-state index in [1.807, 2.05) is 6.07 Å². The van der Waals surface area contributed by atoms with Gasteiger partial charge in [-0.3, -0.25) is 4.79 Å². The van der Waals surface area contributed by atoms with Crippen molar-refractivity contribution in [2.24, 2.45) is 0 Å². The fraction of sp³-hybridized carbons (Fsp3) is 0.545. The SMILES string of the molecule is COC1CCC(NC(=O)c2cc(Br)c(Br)s2)C1. The number of thiophene rings is 1. The van der Waals surface area contributed by atoms with Gasteiger partial charge in [0, 0.05) is 17.6 Å². The number of rotatable bonds is 3. The van der Waals surface area contributed by atoms with E-state index < -0.39 is 0 Å². The van der Waals surface area contributed by atoms with Crippen LogP contribution >= 0.6 is 43.2 Å². The standard InChI is InChI=1S/C11H13Br2NO2S/c1-16-7-3-2-6(4-7)14-11(15)9-5-8(12)10(13)17-9/h5-7H,2-4H2,1H3,(H,14,15). The lowest BCUT2D eigenvalue weighted by Gasteiger charge is -2.11. The molecule has 0 aromatic carbocycles. The summed E-state index contributed by atoms with van der Waals surface area (Å²) in [5.74, 6) is 0.00292. The number of hydrogen-bond acceptors (Lipinski definition) is 3. The van der Waals surface area contributed by atoms with Gasteiger partial charge >= 0.3 is 0 Å². The Hall–Kier alpha value is 0.0900. The Morgan fingerprint density at radius 3 is 2.82 bits per heavy atom. The number of ether oxygens (including phenoxy) is 1. The Bertz CT molecular complexity index is 402. The Morgan fingerprint density at radius 1 is 1.53 bits per heavy atom. The number of nitrogens with one attached hydrogen (secondary N) is 1. The quantitative estimate of drug-likeness (QED) is 0.867. The van der Waals surface area contributed by atoms with Gasteiger partial charge in [-0.25, -0.2) is 0 Å². The summed E-state index contributed by atoms with van der Waals surface area (Å²) in [6.07, 6.45) is 3.23. The zero-order valence-corrected chi connectivity index (χ0v) is 13.3. The fourth-order valence-corrected chi connectivity index (χ4v) is 3.94. The van der Waals surface area contributed by atoms with Crippen LogP contribution in [0.2, 0.25) is 0 Å². The first-order chi connectivity index (χ1) is 8.10. The van der Waals surface area contributed by atoms with Crippen molar-refractivity contribution < 1.29 is 9.53 Å². The van der Waals surface area contributed by atoms with Crippen LogP contribution in [-0.4, -0.2) is 25.2 Å². The maximum absolute atomic E-state index is 12.0. The second kappa shape index (κ2) is 5.82. The van der Waals surface area contributed by atoms with Crippen molar-refractivity contribution in [2.45, 2.75) is 31.4 Å². The van der Waals surface area contributed by atoms with Crippen molar-refractivity contribution in [1.29, 1.82) is 0 Å². The highest BCUT2D eigenvalue weighted by Crippen LogP contribution is 2.32. The normalized spacial score (nSPS) is 23.9. The highest BCUT2D eigenvalue weighted by Gasteiger charge is 2.26. The van der Waals surface area contributed by atoms with Gasteiger partial charge in [0.1, 0.15) is 0 Å². The lowest BCUT2D eigenvalue weighted by molar-refractivity contribution is 0.0918. The third-order valence-corrected chi connectivity index (χ3v) is 6.18. The van der Waals surface area contributed by atoms with E-state index in [1.165, 1.54) is 11.3 Å². The first-order valence-electron chi connectivity index (χ1n) is 5.38. The zero-order valence-electron chi connectivity index (χ0n) is 9.33. The molecule has 94 valence electrons. The average molecular weight is 383 g/mol. The largest absolute Gasteiger partial charge is 0.381 e. The first kappa shape index (κ1) is 13.5. The number of methoxy groups -OCH3 is 1. The average Bonchev–Trinajstić information content (AvgIpc) is 2.87. The molecule has 17 heavy (non-hydrogen) atoms. The van der Waals surface area contributed by atoms with Gasteiger partial charge in [0.15, 0.2) is 0 Å². The summed E-state index contributed by atoms with van der Waals surface area (Å²) >= 11 is 8.21. The highest BCUT2D eigenvalue weighted by molar-refractivity contribution is 9.13. The van der Waals surface area contributed by atoms with Crippen molar-refractivity contribution in [2.75, 3.05) is 7.11 Å². The second-order valence-electron chi connectivity index (χ2n) is 4.07. The molecule has 2 unspecified atom stereocenters. The molecule has 1 saturated carbocycles. The van der Waals surface area contributed by atoms with E-state index in [9.17, 15) is 4.79 Å². The summed E-state index contributed by atoms with van der Waals surface area (Å²) in [5.41, 5.74) is 0. The van der Waals surface area contributed by atoms with E-state index in [-0.39, 0.29) is 11.9 Å². The number of halogens is 2. The molecule has 0 radical (unpaired) electrons. The van der Waals surface area contributed by atoms with Crippen LogP contribution in [0.3, 0.4) is 0 Å². The van der Waals surface area contributed by atoms with Crippen LogP contribution in [0.1, 0.15) is 28.9 Å². The van der Waals surface area contributed by atoms with Crippen LogP contribution in [-0.2, 0) is 4.74 Å². The monoisotopic (exact) mass is 381 g/mol. The van der Waals surface area contributed by atoms with E-state index >= 15 is 0 Å². The van der Waals surface area contributed by atoms with Crippen LogP contribution in [0.15, 0.2) is 14.3 Å². The van der Waals surface area contributed by atoms with Gasteiger partial charge in [-0.05, 0) is 57.2 Å². The van der Waals surface area contributed by atoms with E-state index in [2.05, 4.69) is 37.2 Å². The molecule has 6 heteroatoms. The Kier molecular flexibility index (Phi) is 4.63. The molecule has 1 aromatic heterocycles. The van der Waals surface area contributed by atoms with E-state index in [0.717, 1.165) is 32.4 Å². The van der Waals surface area contributed by atoms with Crippen molar-refractivity contribution in [3.63, 3.8) is 0 Å². The number of carbonyl (C=O) groups excluding carboxylic acids is 1. The third-order valence-electron chi connectivity index (χ3n) is 2.92. The summed E-state index contributed by atoms with van der Waals surface area (Å²) < 4.78 is 7.16. The molecule has 2 atom stereocenters. The highest BCUT2D eigenvalue weighted by atomic mass is 79.9. The molecule has 1 aliphatic carbocycles. The lowest BCUT2D eigenvalue weighted by Crippen LogP contribution is -2.32. The molecule has 2 rings (SSSR count). The molecule has 0 saturated heterocycles.